The summed E-state index contributed by atoms with van der Waals surface area (Å²) in [7, 11) is 0. The maximum absolute atomic E-state index is 11.9. The molecule has 1 heterocycles. The van der Waals surface area contributed by atoms with Gasteiger partial charge in [0.05, 0.1) is 5.39 Å². The maximum atomic E-state index is 11.9. The first kappa shape index (κ1) is 16.8. The molecule has 132 valence electrons. The highest BCUT2D eigenvalue weighted by molar-refractivity contribution is 5.90. The number of anilines is 1. The molecule has 27 heavy (non-hydrogen) atoms. The Balaban J connectivity index is 1.46. The van der Waals surface area contributed by atoms with Gasteiger partial charge in [-0.3, -0.25) is 4.79 Å². The summed E-state index contributed by atoms with van der Waals surface area (Å²) in [5.74, 6) is 0.679. The van der Waals surface area contributed by atoms with Gasteiger partial charge in [-0.1, -0.05) is 84.9 Å². The van der Waals surface area contributed by atoms with Crippen LogP contribution in [0.25, 0.3) is 22.9 Å². The van der Waals surface area contributed by atoms with Crippen LogP contribution >= 0.6 is 0 Å². The number of hydrogen-bond donors (Lipinski definition) is 2. The van der Waals surface area contributed by atoms with E-state index in [4.69, 9.17) is 0 Å². The van der Waals surface area contributed by atoms with Gasteiger partial charge in [-0.15, -0.1) is 0 Å². The average Bonchev–Trinajstić information content (AvgIpc) is 2.73. The second-order valence-electron chi connectivity index (χ2n) is 6.29. The van der Waals surface area contributed by atoms with E-state index < -0.39 is 0 Å². The number of nitrogens with one attached hydrogen (secondary N) is 2. The Morgan fingerprint density at radius 2 is 1.41 bits per heavy atom. The van der Waals surface area contributed by atoms with Crippen molar-refractivity contribution in [2.75, 3.05) is 5.32 Å². The predicted molar refractivity (Wildman–Crippen MR) is 112 cm³/mol. The SMILES string of the molecule is O=c1[nH]nc(NCc2ccc(C=Cc3ccccc3)cc2)c2ccccc12. The van der Waals surface area contributed by atoms with E-state index in [2.05, 4.69) is 64.1 Å². The van der Waals surface area contributed by atoms with E-state index in [1.54, 1.807) is 6.07 Å². The number of aromatic amines is 1. The van der Waals surface area contributed by atoms with Crippen LogP contribution in [-0.2, 0) is 6.54 Å². The fourth-order valence-corrected chi connectivity index (χ4v) is 2.94. The molecule has 4 heteroatoms. The first-order valence-corrected chi connectivity index (χ1v) is 8.83. The third kappa shape index (κ3) is 3.96. The van der Waals surface area contributed by atoms with E-state index in [0.717, 1.165) is 16.5 Å². The van der Waals surface area contributed by atoms with Crippen molar-refractivity contribution in [3.05, 3.63) is 106 Å². The van der Waals surface area contributed by atoms with Crippen LogP contribution in [0.2, 0.25) is 0 Å². The minimum atomic E-state index is -0.175. The van der Waals surface area contributed by atoms with Crippen LogP contribution in [0.4, 0.5) is 5.82 Å². The molecule has 0 atom stereocenters. The van der Waals surface area contributed by atoms with Crippen molar-refractivity contribution in [1.82, 2.24) is 10.2 Å². The standard InChI is InChI=1S/C23H19N3O/c27-23-21-9-5-4-8-20(21)22(25-26-23)24-16-19-14-12-18(13-15-19)11-10-17-6-2-1-3-7-17/h1-15H,16H2,(H,24,25)(H,26,27). The summed E-state index contributed by atoms with van der Waals surface area (Å²) in [5.41, 5.74) is 3.30. The van der Waals surface area contributed by atoms with Gasteiger partial charge in [0, 0.05) is 11.9 Å². The highest BCUT2D eigenvalue weighted by atomic mass is 16.1. The Hall–Kier alpha value is -3.66. The fourth-order valence-electron chi connectivity index (χ4n) is 2.94. The van der Waals surface area contributed by atoms with Crippen molar-refractivity contribution in [2.45, 2.75) is 6.54 Å². The Bertz CT molecular complexity index is 1130. The number of nitrogens with zero attached hydrogens (tertiary/aromatic N) is 1. The maximum Gasteiger partial charge on any atom is 0.272 e. The average molecular weight is 353 g/mol. The highest BCUT2D eigenvalue weighted by Crippen LogP contribution is 2.18. The Kier molecular flexibility index (Phi) is 4.79. The zero-order valence-corrected chi connectivity index (χ0v) is 14.7. The third-order valence-electron chi connectivity index (χ3n) is 4.40. The van der Waals surface area contributed by atoms with Crippen LogP contribution < -0.4 is 10.9 Å². The quantitative estimate of drug-likeness (QED) is 0.511. The van der Waals surface area contributed by atoms with Gasteiger partial charge in [0.15, 0.2) is 5.82 Å². The Morgan fingerprint density at radius 1 is 0.778 bits per heavy atom. The summed E-state index contributed by atoms with van der Waals surface area (Å²) in [6, 6.07) is 26.1. The molecule has 4 nitrogen and oxygen atoms in total. The van der Waals surface area contributed by atoms with Crippen LogP contribution in [0.15, 0.2) is 83.7 Å². The van der Waals surface area contributed by atoms with Crippen molar-refractivity contribution in [2.24, 2.45) is 0 Å². The van der Waals surface area contributed by atoms with Crippen LogP contribution in [0, 0.1) is 0 Å². The molecule has 0 aliphatic heterocycles. The minimum Gasteiger partial charge on any atom is -0.364 e. The van der Waals surface area contributed by atoms with Gasteiger partial charge >= 0.3 is 0 Å². The minimum absolute atomic E-state index is 0.175. The molecule has 0 unspecified atom stereocenters. The van der Waals surface area contributed by atoms with Crippen LogP contribution in [0.5, 0.6) is 0 Å². The summed E-state index contributed by atoms with van der Waals surface area (Å²) in [4.78, 5) is 11.9. The summed E-state index contributed by atoms with van der Waals surface area (Å²) < 4.78 is 0. The van der Waals surface area contributed by atoms with Gasteiger partial charge in [-0.2, -0.15) is 5.10 Å². The fraction of sp³-hybridized carbons (Fsp3) is 0.0435. The van der Waals surface area contributed by atoms with Gasteiger partial charge in [-0.25, -0.2) is 5.10 Å². The highest BCUT2D eigenvalue weighted by Gasteiger charge is 2.05. The molecule has 0 saturated heterocycles. The topological polar surface area (TPSA) is 57.8 Å². The van der Waals surface area contributed by atoms with Crippen LogP contribution in [-0.4, -0.2) is 10.2 Å². The number of benzene rings is 3. The molecule has 0 aliphatic rings. The molecule has 0 saturated carbocycles. The molecular formula is C23H19N3O. The van der Waals surface area contributed by atoms with Gasteiger partial charge in [0.1, 0.15) is 0 Å². The number of rotatable bonds is 5. The number of fused-ring (bicyclic) bond motifs is 1. The van der Waals surface area contributed by atoms with E-state index in [9.17, 15) is 4.79 Å². The molecule has 0 fully saturated rings. The zero-order valence-electron chi connectivity index (χ0n) is 14.7. The molecule has 4 rings (SSSR count). The van der Waals surface area contributed by atoms with E-state index in [-0.39, 0.29) is 5.56 Å². The smallest absolute Gasteiger partial charge is 0.272 e. The van der Waals surface area contributed by atoms with E-state index >= 15 is 0 Å². The molecule has 0 bridgehead atoms. The third-order valence-corrected chi connectivity index (χ3v) is 4.40. The van der Waals surface area contributed by atoms with Crippen molar-refractivity contribution in [3.63, 3.8) is 0 Å². The normalized spacial score (nSPS) is 11.1. The number of aromatic nitrogens is 2. The lowest BCUT2D eigenvalue weighted by atomic mass is 10.1. The Labute approximate surface area is 157 Å². The molecule has 0 spiro atoms. The number of hydrogen-bond acceptors (Lipinski definition) is 3. The first-order valence-electron chi connectivity index (χ1n) is 8.83. The first-order chi connectivity index (χ1) is 13.3. The lowest BCUT2D eigenvalue weighted by molar-refractivity contribution is 0.988. The zero-order chi connectivity index (χ0) is 18.5. The van der Waals surface area contributed by atoms with Crippen LogP contribution in [0.1, 0.15) is 16.7 Å². The molecule has 4 aromatic rings. The molecule has 0 aliphatic carbocycles. The van der Waals surface area contributed by atoms with Crippen molar-refractivity contribution >= 4 is 28.7 Å². The van der Waals surface area contributed by atoms with Gasteiger partial charge in [0.25, 0.3) is 5.56 Å². The van der Waals surface area contributed by atoms with Gasteiger partial charge in [-0.05, 0) is 22.8 Å². The predicted octanol–water partition coefficient (Wildman–Crippen LogP) is 4.71. The van der Waals surface area contributed by atoms with Crippen molar-refractivity contribution < 1.29 is 0 Å². The summed E-state index contributed by atoms with van der Waals surface area (Å²) in [5, 5.41) is 11.5. The molecular weight excluding hydrogens is 334 g/mol. The van der Waals surface area contributed by atoms with E-state index in [1.807, 2.05) is 36.4 Å². The lowest BCUT2D eigenvalue weighted by Crippen LogP contribution is -2.12. The van der Waals surface area contributed by atoms with Crippen LogP contribution in [0.3, 0.4) is 0 Å². The molecule has 1 aromatic heterocycles. The Morgan fingerprint density at radius 3 is 2.15 bits per heavy atom. The molecule has 2 N–H and O–H groups in total. The van der Waals surface area contributed by atoms with E-state index in [0.29, 0.717) is 17.7 Å². The van der Waals surface area contributed by atoms with Gasteiger partial charge in [0.2, 0.25) is 0 Å². The van der Waals surface area contributed by atoms with Crippen molar-refractivity contribution in [1.29, 1.82) is 0 Å². The van der Waals surface area contributed by atoms with E-state index in [1.165, 1.54) is 5.56 Å². The second kappa shape index (κ2) is 7.70. The molecule has 3 aromatic carbocycles. The van der Waals surface area contributed by atoms with Crippen molar-refractivity contribution in [3.8, 4) is 0 Å². The largest absolute Gasteiger partial charge is 0.364 e. The summed E-state index contributed by atoms with van der Waals surface area (Å²) in [6.45, 7) is 0.631. The number of H-pyrrole nitrogens is 1. The molecule has 0 amide bonds. The summed E-state index contributed by atoms with van der Waals surface area (Å²) in [6.07, 6.45) is 4.20. The summed E-state index contributed by atoms with van der Waals surface area (Å²) >= 11 is 0. The monoisotopic (exact) mass is 353 g/mol. The lowest BCUT2D eigenvalue weighted by Gasteiger charge is -2.08. The van der Waals surface area contributed by atoms with Gasteiger partial charge < -0.3 is 5.32 Å². The molecule has 0 radical (unpaired) electrons. The second-order valence-corrected chi connectivity index (χ2v) is 6.29.